The Morgan fingerprint density at radius 3 is 2.52 bits per heavy atom. The van der Waals surface area contributed by atoms with Crippen LogP contribution in [-0.2, 0) is 6.54 Å². The minimum absolute atomic E-state index is 0.0896. The number of benzene rings is 2. The van der Waals surface area contributed by atoms with Gasteiger partial charge in [-0.2, -0.15) is 4.98 Å². The van der Waals surface area contributed by atoms with Crippen molar-refractivity contribution in [3.63, 3.8) is 0 Å². The number of rotatable bonds is 8. The Kier molecular flexibility index (Phi) is 6.13. The van der Waals surface area contributed by atoms with Crippen molar-refractivity contribution in [2.75, 3.05) is 41.5 Å². The quantitative estimate of drug-likeness (QED) is 0.538. The van der Waals surface area contributed by atoms with Crippen LogP contribution in [0.4, 0.5) is 0 Å². The molecule has 0 bridgehead atoms. The van der Waals surface area contributed by atoms with Gasteiger partial charge in [0.05, 0.1) is 33.4 Å². The van der Waals surface area contributed by atoms with E-state index >= 15 is 0 Å². The van der Waals surface area contributed by atoms with Gasteiger partial charge in [-0.15, -0.1) is 0 Å². The molecule has 9 nitrogen and oxygen atoms in total. The maximum absolute atomic E-state index is 6.02. The molecule has 1 aliphatic heterocycles. The van der Waals surface area contributed by atoms with Gasteiger partial charge in [-0.25, -0.2) is 0 Å². The molecule has 2 heterocycles. The molecule has 0 fully saturated rings. The summed E-state index contributed by atoms with van der Waals surface area (Å²) in [5.74, 6) is 3.93. The highest BCUT2D eigenvalue weighted by Gasteiger charge is 2.24. The molecule has 0 amide bonds. The van der Waals surface area contributed by atoms with Gasteiger partial charge in [0.15, 0.2) is 23.0 Å². The zero-order valence-electron chi connectivity index (χ0n) is 18.0. The summed E-state index contributed by atoms with van der Waals surface area (Å²) in [7, 11) is 6.64. The van der Waals surface area contributed by atoms with Gasteiger partial charge in [-0.05, 0) is 31.3 Å². The second-order valence-electron chi connectivity index (χ2n) is 7.09. The van der Waals surface area contributed by atoms with E-state index in [1.54, 1.807) is 27.4 Å². The lowest BCUT2D eigenvalue weighted by molar-refractivity contribution is 0.0613. The molecule has 0 N–H and O–H groups in total. The number of fused-ring (bicyclic) bond motifs is 1. The Hall–Kier alpha value is -3.46. The molecule has 1 aliphatic rings. The summed E-state index contributed by atoms with van der Waals surface area (Å²) in [6.45, 7) is 1.59. The van der Waals surface area contributed by atoms with Gasteiger partial charge in [0.2, 0.25) is 17.5 Å². The van der Waals surface area contributed by atoms with Crippen LogP contribution in [0.3, 0.4) is 0 Å². The van der Waals surface area contributed by atoms with Crippen molar-refractivity contribution in [2.24, 2.45) is 0 Å². The van der Waals surface area contributed by atoms with Gasteiger partial charge in [0.1, 0.15) is 12.7 Å². The molecule has 3 aromatic rings. The highest BCUT2D eigenvalue weighted by atomic mass is 16.6. The number of para-hydroxylation sites is 2. The third-order valence-electron chi connectivity index (χ3n) is 4.90. The van der Waals surface area contributed by atoms with Crippen LogP contribution in [0, 0.1) is 0 Å². The summed E-state index contributed by atoms with van der Waals surface area (Å²) in [6, 6.07) is 11.2. The van der Waals surface area contributed by atoms with E-state index in [0.717, 1.165) is 11.5 Å². The standard InChI is InChI=1S/C22H25N3O6/c1-25(11-14-13-29-16-7-5-6-8-17(16)30-14)12-19-23-22(24-31-19)15-9-10-18(26-2)21(28-4)20(15)27-3/h5-10,14H,11-13H2,1-4H3/t14-/m0/s1. The third kappa shape index (κ3) is 4.36. The molecule has 1 aromatic heterocycles. The van der Waals surface area contributed by atoms with Crippen LogP contribution in [0.5, 0.6) is 28.7 Å². The molecular weight excluding hydrogens is 402 g/mol. The van der Waals surface area contributed by atoms with Crippen LogP contribution in [0.25, 0.3) is 11.4 Å². The van der Waals surface area contributed by atoms with Crippen LogP contribution in [0.1, 0.15) is 5.89 Å². The molecule has 1 atom stereocenters. The van der Waals surface area contributed by atoms with Gasteiger partial charge < -0.3 is 28.2 Å². The highest BCUT2D eigenvalue weighted by molar-refractivity contribution is 5.72. The highest BCUT2D eigenvalue weighted by Crippen LogP contribution is 2.43. The summed E-state index contributed by atoms with van der Waals surface area (Å²) in [5, 5.41) is 4.11. The van der Waals surface area contributed by atoms with Gasteiger partial charge in [0.25, 0.3) is 0 Å². The lowest BCUT2D eigenvalue weighted by Crippen LogP contribution is -2.39. The van der Waals surface area contributed by atoms with Crippen molar-refractivity contribution in [1.82, 2.24) is 15.0 Å². The Balaban J connectivity index is 1.44. The van der Waals surface area contributed by atoms with E-state index in [0.29, 0.717) is 54.2 Å². The Morgan fingerprint density at radius 2 is 1.77 bits per heavy atom. The molecule has 2 aromatic carbocycles. The molecule has 4 rings (SSSR count). The number of likely N-dealkylation sites (N-methyl/N-ethyl adjacent to an activating group) is 1. The van der Waals surface area contributed by atoms with Gasteiger partial charge in [-0.1, -0.05) is 17.3 Å². The van der Waals surface area contributed by atoms with E-state index in [4.69, 9.17) is 28.2 Å². The van der Waals surface area contributed by atoms with Crippen molar-refractivity contribution in [3.8, 4) is 40.1 Å². The summed E-state index contributed by atoms with van der Waals surface area (Å²) in [6.07, 6.45) is -0.0896. The fraction of sp³-hybridized carbons (Fsp3) is 0.364. The van der Waals surface area contributed by atoms with E-state index in [1.807, 2.05) is 42.3 Å². The fourth-order valence-electron chi connectivity index (χ4n) is 3.50. The minimum Gasteiger partial charge on any atom is -0.493 e. The number of ether oxygens (including phenoxy) is 5. The maximum Gasteiger partial charge on any atom is 0.241 e. The molecule has 0 saturated carbocycles. The zero-order valence-corrected chi connectivity index (χ0v) is 18.0. The predicted octanol–water partition coefficient (Wildman–Crippen LogP) is 3.03. The van der Waals surface area contributed by atoms with Crippen LogP contribution in [0.2, 0.25) is 0 Å². The number of aromatic nitrogens is 2. The first-order valence-corrected chi connectivity index (χ1v) is 9.82. The molecular formula is C22H25N3O6. The van der Waals surface area contributed by atoms with E-state index in [-0.39, 0.29) is 6.10 Å². The zero-order chi connectivity index (χ0) is 21.8. The molecule has 0 unspecified atom stereocenters. The maximum atomic E-state index is 6.02. The lowest BCUT2D eigenvalue weighted by Gasteiger charge is -2.29. The van der Waals surface area contributed by atoms with Crippen LogP contribution in [0.15, 0.2) is 40.9 Å². The van der Waals surface area contributed by atoms with Crippen molar-refractivity contribution in [1.29, 1.82) is 0 Å². The number of methoxy groups -OCH3 is 3. The van der Waals surface area contributed by atoms with E-state index in [2.05, 4.69) is 10.1 Å². The molecule has 31 heavy (non-hydrogen) atoms. The average Bonchev–Trinajstić information content (AvgIpc) is 3.25. The topological polar surface area (TPSA) is 88.3 Å². The SMILES string of the molecule is COc1ccc(-c2noc(CN(C)C[C@H]3COc4ccccc4O3)n2)c(OC)c1OC. The van der Waals surface area contributed by atoms with E-state index < -0.39 is 0 Å². The Morgan fingerprint density at radius 1 is 1.00 bits per heavy atom. The molecule has 0 radical (unpaired) electrons. The van der Waals surface area contributed by atoms with Gasteiger partial charge in [-0.3, -0.25) is 4.90 Å². The molecule has 0 aliphatic carbocycles. The van der Waals surface area contributed by atoms with Crippen molar-refractivity contribution in [3.05, 3.63) is 42.3 Å². The molecule has 9 heteroatoms. The monoisotopic (exact) mass is 427 g/mol. The number of nitrogens with zero attached hydrogens (tertiary/aromatic N) is 3. The van der Waals surface area contributed by atoms with Crippen molar-refractivity contribution < 1.29 is 28.2 Å². The van der Waals surface area contributed by atoms with Crippen LogP contribution in [-0.4, -0.2) is 62.7 Å². The Labute approximate surface area is 180 Å². The van der Waals surface area contributed by atoms with Crippen molar-refractivity contribution in [2.45, 2.75) is 12.6 Å². The summed E-state index contributed by atoms with van der Waals surface area (Å²) >= 11 is 0. The molecule has 0 spiro atoms. The minimum atomic E-state index is -0.0896. The number of hydrogen-bond acceptors (Lipinski definition) is 9. The second kappa shape index (κ2) is 9.13. The second-order valence-corrected chi connectivity index (χ2v) is 7.09. The summed E-state index contributed by atoms with van der Waals surface area (Å²) < 4.78 is 33.5. The van der Waals surface area contributed by atoms with Gasteiger partial charge >= 0.3 is 0 Å². The Bertz CT molecular complexity index is 1040. The van der Waals surface area contributed by atoms with E-state index in [1.165, 1.54) is 0 Å². The normalized spacial score (nSPS) is 15.1. The summed E-state index contributed by atoms with van der Waals surface area (Å²) in [5.41, 5.74) is 0.651. The third-order valence-corrected chi connectivity index (χ3v) is 4.90. The van der Waals surface area contributed by atoms with Gasteiger partial charge in [0, 0.05) is 6.54 Å². The number of hydrogen-bond donors (Lipinski definition) is 0. The summed E-state index contributed by atoms with van der Waals surface area (Å²) in [4.78, 5) is 6.57. The molecule has 0 saturated heterocycles. The van der Waals surface area contributed by atoms with E-state index in [9.17, 15) is 0 Å². The largest absolute Gasteiger partial charge is 0.493 e. The predicted molar refractivity (Wildman–Crippen MR) is 112 cm³/mol. The fourth-order valence-corrected chi connectivity index (χ4v) is 3.50. The first kappa shape index (κ1) is 20.8. The van der Waals surface area contributed by atoms with Crippen LogP contribution < -0.4 is 23.7 Å². The average molecular weight is 427 g/mol. The van der Waals surface area contributed by atoms with Crippen LogP contribution >= 0.6 is 0 Å². The smallest absolute Gasteiger partial charge is 0.241 e. The lowest BCUT2D eigenvalue weighted by atomic mass is 10.1. The van der Waals surface area contributed by atoms with Crippen molar-refractivity contribution >= 4 is 0 Å². The first-order valence-electron chi connectivity index (χ1n) is 9.82. The first-order chi connectivity index (χ1) is 15.1. The molecule has 164 valence electrons.